The predicted molar refractivity (Wildman–Crippen MR) is 105 cm³/mol. The molecule has 0 saturated heterocycles. The lowest BCUT2D eigenvalue weighted by molar-refractivity contribution is -0.113. The van der Waals surface area contributed by atoms with Gasteiger partial charge in [-0.2, -0.15) is 0 Å². The first-order valence-corrected chi connectivity index (χ1v) is 9.24. The van der Waals surface area contributed by atoms with Crippen LogP contribution in [0.3, 0.4) is 0 Å². The third-order valence-electron chi connectivity index (χ3n) is 3.87. The van der Waals surface area contributed by atoms with Gasteiger partial charge in [0.2, 0.25) is 11.8 Å². The summed E-state index contributed by atoms with van der Waals surface area (Å²) in [5.41, 5.74) is 8.32. The molecule has 3 N–H and O–H groups in total. The fraction of sp³-hybridized carbons (Fsp3) is 0.158. The largest absolute Gasteiger partial charge is 0.366 e. The van der Waals surface area contributed by atoms with Crippen LogP contribution in [-0.2, 0) is 4.79 Å². The maximum absolute atomic E-state index is 12.2. The van der Waals surface area contributed by atoms with Crippen LogP contribution in [0.1, 0.15) is 21.7 Å². The van der Waals surface area contributed by atoms with Gasteiger partial charge in [-0.3, -0.25) is 14.2 Å². The van der Waals surface area contributed by atoms with E-state index in [1.165, 1.54) is 17.3 Å². The van der Waals surface area contributed by atoms with Crippen molar-refractivity contribution in [3.8, 4) is 5.69 Å². The van der Waals surface area contributed by atoms with Crippen LogP contribution in [0.5, 0.6) is 0 Å². The van der Waals surface area contributed by atoms with E-state index in [4.69, 9.17) is 5.73 Å². The summed E-state index contributed by atoms with van der Waals surface area (Å²) >= 11 is 1.31. The van der Waals surface area contributed by atoms with Gasteiger partial charge in [-0.1, -0.05) is 29.5 Å². The number of benzene rings is 2. The zero-order valence-corrected chi connectivity index (χ0v) is 15.8. The van der Waals surface area contributed by atoms with Gasteiger partial charge in [0.05, 0.1) is 5.75 Å². The van der Waals surface area contributed by atoms with Crippen molar-refractivity contribution in [1.82, 2.24) is 14.8 Å². The number of hydrogen-bond acceptors (Lipinski definition) is 5. The van der Waals surface area contributed by atoms with Gasteiger partial charge in [0, 0.05) is 16.9 Å². The zero-order valence-electron chi connectivity index (χ0n) is 15.0. The van der Waals surface area contributed by atoms with Crippen molar-refractivity contribution in [2.24, 2.45) is 5.73 Å². The van der Waals surface area contributed by atoms with E-state index < -0.39 is 5.91 Å². The number of carbonyl (C=O) groups is 2. The number of nitrogens with zero attached hydrogens (tertiary/aromatic N) is 3. The lowest BCUT2D eigenvalue weighted by Crippen LogP contribution is -2.15. The molecule has 138 valence electrons. The summed E-state index contributed by atoms with van der Waals surface area (Å²) in [5.74, 6) is 0.252. The Morgan fingerprint density at radius 2 is 1.70 bits per heavy atom. The van der Waals surface area contributed by atoms with E-state index >= 15 is 0 Å². The van der Waals surface area contributed by atoms with E-state index in [-0.39, 0.29) is 11.7 Å². The second-order valence-electron chi connectivity index (χ2n) is 5.98. The van der Waals surface area contributed by atoms with Crippen molar-refractivity contribution in [1.29, 1.82) is 0 Å². The summed E-state index contributed by atoms with van der Waals surface area (Å²) in [5, 5.41) is 11.7. The lowest BCUT2D eigenvalue weighted by Gasteiger charge is -2.09. The van der Waals surface area contributed by atoms with Gasteiger partial charge in [0.15, 0.2) is 5.16 Å². The molecule has 7 nitrogen and oxygen atoms in total. The Bertz CT molecular complexity index is 965. The summed E-state index contributed by atoms with van der Waals surface area (Å²) in [6.07, 6.45) is 0. The second-order valence-corrected chi connectivity index (χ2v) is 6.92. The minimum Gasteiger partial charge on any atom is -0.366 e. The van der Waals surface area contributed by atoms with Crippen LogP contribution in [0.2, 0.25) is 0 Å². The van der Waals surface area contributed by atoms with Crippen molar-refractivity contribution >= 4 is 29.3 Å². The number of rotatable bonds is 6. The molecule has 3 rings (SSSR count). The molecular weight excluding hydrogens is 362 g/mol. The molecule has 0 aliphatic rings. The van der Waals surface area contributed by atoms with E-state index in [9.17, 15) is 9.59 Å². The maximum atomic E-state index is 12.2. The smallest absolute Gasteiger partial charge is 0.248 e. The summed E-state index contributed by atoms with van der Waals surface area (Å²) in [4.78, 5) is 23.3. The molecule has 8 heteroatoms. The normalized spacial score (nSPS) is 10.6. The van der Waals surface area contributed by atoms with E-state index in [1.807, 2.05) is 42.7 Å². The monoisotopic (exact) mass is 381 g/mol. The van der Waals surface area contributed by atoms with Gasteiger partial charge in [-0.15, -0.1) is 10.2 Å². The molecule has 1 aromatic heterocycles. The minimum atomic E-state index is -0.505. The van der Waals surface area contributed by atoms with Gasteiger partial charge < -0.3 is 11.1 Å². The molecule has 0 saturated carbocycles. The molecule has 2 amide bonds. The highest BCUT2D eigenvalue weighted by atomic mass is 32.2. The van der Waals surface area contributed by atoms with Gasteiger partial charge in [-0.25, -0.2) is 0 Å². The molecular formula is C19H19N5O2S. The number of thioether (sulfide) groups is 1. The number of carbonyl (C=O) groups excluding carboxylic acids is 2. The fourth-order valence-corrected chi connectivity index (χ4v) is 3.27. The molecule has 0 aliphatic heterocycles. The molecule has 0 aliphatic carbocycles. The number of nitrogens with one attached hydrogen (secondary N) is 1. The Hall–Kier alpha value is -3.13. The van der Waals surface area contributed by atoms with Crippen LogP contribution < -0.4 is 11.1 Å². The van der Waals surface area contributed by atoms with E-state index in [0.29, 0.717) is 16.4 Å². The highest BCUT2D eigenvalue weighted by molar-refractivity contribution is 7.99. The highest BCUT2D eigenvalue weighted by Crippen LogP contribution is 2.22. The van der Waals surface area contributed by atoms with Crippen molar-refractivity contribution in [3.63, 3.8) is 0 Å². The van der Waals surface area contributed by atoms with E-state index in [2.05, 4.69) is 15.5 Å². The Morgan fingerprint density at radius 3 is 2.33 bits per heavy atom. The average Bonchev–Trinajstić information content (AvgIpc) is 3.02. The average molecular weight is 381 g/mol. The first-order valence-electron chi connectivity index (χ1n) is 8.25. The Labute approximate surface area is 161 Å². The van der Waals surface area contributed by atoms with E-state index in [0.717, 1.165) is 11.5 Å². The molecule has 0 radical (unpaired) electrons. The van der Waals surface area contributed by atoms with Crippen LogP contribution in [-0.4, -0.2) is 32.3 Å². The molecule has 0 spiro atoms. The summed E-state index contributed by atoms with van der Waals surface area (Å²) in [7, 11) is 0. The highest BCUT2D eigenvalue weighted by Gasteiger charge is 2.13. The maximum Gasteiger partial charge on any atom is 0.248 e. The van der Waals surface area contributed by atoms with E-state index in [1.54, 1.807) is 24.3 Å². The lowest BCUT2D eigenvalue weighted by atomic mass is 10.2. The first kappa shape index (κ1) is 18.7. The zero-order chi connectivity index (χ0) is 19.4. The standard InChI is InChI=1S/C19H19N5O2S/c1-12-3-9-16(10-4-12)24-13(2)22-23-19(24)27-11-17(25)21-15-7-5-14(6-8-15)18(20)26/h3-10H,11H2,1-2H3,(H2,20,26)(H,21,25). The van der Waals surface area contributed by atoms with Crippen LogP contribution in [0.4, 0.5) is 5.69 Å². The van der Waals surface area contributed by atoms with Gasteiger partial charge in [0.1, 0.15) is 5.82 Å². The molecule has 2 aromatic carbocycles. The van der Waals surface area contributed by atoms with Gasteiger partial charge >= 0.3 is 0 Å². The minimum absolute atomic E-state index is 0.178. The first-order chi connectivity index (χ1) is 12.9. The van der Waals surface area contributed by atoms with Gasteiger partial charge in [0.25, 0.3) is 0 Å². The Kier molecular flexibility index (Phi) is 5.56. The number of aryl methyl sites for hydroxylation is 2. The number of hydrogen-bond donors (Lipinski definition) is 2. The summed E-state index contributed by atoms with van der Waals surface area (Å²) < 4.78 is 1.92. The van der Waals surface area contributed by atoms with Crippen molar-refractivity contribution in [2.75, 3.05) is 11.1 Å². The van der Waals surface area contributed by atoms with Crippen LogP contribution in [0.25, 0.3) is 5.69 Å². The van der Waals surface area contributed by atoms with Crippen LogP contribution >= 0.6 is 11.8 Å². The molecule has 0 atom stereocenters. The number of nitrogens with two attached hydrogens (primary N) is 1. The Morgan fingerprint density at radius 1 is 1.04 bits per heavy atom. The molecule has 27 heavy (non-hydrogen) atoms. The third-order valence-corrected chi connectivity index (χ3v) is 4.80. The Balaban J connectivity index is 1.65. The molecule has 0 bridgehead atoms. The van der Waals surface area contributed by atoms with Crippen molar-refractivity contribution < 1.29 is 9.59 Å². The number of aromatic nitrogens is 3. The van der Waals surface area contributed by atoms with Crippen LogP contribution in [0.15, 0.2) is 53.7 Å². The quantitative estimate of drug-likeness (QED) is 0.639. The third kappa shape index (κ3) is 4.53. The number of primary amides is 1. The van der Waals surface area contributed by atoms with Gasteiger partial charge in [-0.05, 0) is 50.2 Å². The predicted octanol–water partition coefficient (Wildman–Crippen LogP) is 2.71. The number of anilines is 1. The SMILES string of the molecule is Cc1ccc(-n2c(C)nnc2SCC(=O)Nc2ccc(C(N)=O)cc2)cc1. The molecule has 3 aromatic rings. The fourth-order valence-electron chi connectivity index (χ4n) is 2.47. The molecule has 0 unspecified atom stereocenters. The topological polar surface area (TPSA) is 103 Å². The number of amides is 2. The molecule has 0 fully saturated rings. The van der Waals surface area contributed by atoms with Crippen molar-refractivity contribution in [3.05, 3.63) is 65.5 Å². The summed E-state index contributed by atoms with van der Waals surface area (Å²) in [6.45, 7) is 3.90. The second kappa shape index (κ2) is 8.05. The van der Waals surface area contributed by atoms with Crippen molar-refractivity contribution in [2.45, 2.75) is 19.0 Å². The summed E-state index contributed by atoms with van der Waals surface area (Å²) in [6, 6.07) is 14.5. The van der Waals surface area contributed by atoms with Crippen LogP contribution in [0, 0.1) is 13.8 Å². The molecule has 1 heterocycles.